The Hall–Kier alpha value is -2.99. The van der Waals surface area contributed by atoms with E-state index in [0.717, 1.165) is 23.1 Å². The van der Waals surface area contributed by atoms with Crippen LogP contribution < -0.4 is 5.56 Å². The standard InChI is InChI=1S/C22H19ClFN3O2/c23-19-6-2-1-4-15(19)14-18-5-3-13-26(18)22(29)20-11-12-21(28)27(25-20)17-9-7-16(24)8-10-17/h1-2,4,6-12,18H,3,5,13-14H2. The number of carbonyl (C=O) groups excluding carboxylic acids is 1. The van der Waals surface area contributed by atoms with Gasteiger partial charge in [-0.05, 0) is 61.2 Å². The van der Waals surface area contributed by atoms with E-state index in [0.29, 0.717) is 23.7 Å². The van der Waals surface area contributed by atoms with Gasteiger partial charge in [0.1, 0.15) is 11.5 Å². The molecule has 1 unspecified atom stereocenters. The van der Waals surface area contributed by atoms with E-state index < -0.39 is 5.82 Å². The average Bonchev–Trinajstić information content (AvgIpc) is 3.18. The molecule has 3 aromatic rings. The number of aromatic nitrogens is 2. The van der Waals surface area contributed by atoms with Crippen LogP contribution in [0.25, 0.3) is 5.69 Å². The molecule has 0 aliphatic carbocycles. The molecule has 1 fully saturated rings. The normalized spacial score (nSPS) is 16.2. The van der Waals surface area contributed by atoms with E-state index in [1.54, 1.807) is 4.90 Å². The number of likely N-dealkylation sites (tertiary alicyclic amines) is 1. The molecule has 2 heterocycles. The summed E-state index contributed by atoms with van der Waals surface area (Å²) >= 11 is 6.28. The van der Waals surface area contributed by atoms with Gasteiger partial charge in [-0.1, -0.05) is 29.8 Å². The Balaban J connectivity index is 1.60. The Kier molecular flexibility index (Phi) is 5.45. The molecule has 0 radical (unpaired) electrons. The van der Waals surface area contributed by atoms with Gasteiger partial charge in [0.2, 0.25) is 0 Å². The van der Waals surface area contributed by atoms with Crippen LogP contribution in [0.5, 0.6) is 0 Å². The topological polar surface area (TPSA) is 55.2 Å². The van der Waals surface area contributed by atoms with Crippen LogP contribution in [-0.4, -0.2) is 33.2 Å². The number of rotatable bonds is 4. The van der Waals surface area contributed by atoms with Gasteiger partial charge in [-0.3, -0.25) is 9.59 Å². The Morgan fingerprint density at radius 1 is 1.10 bits per heavy atom. The molecule has 29 heavy (non-hydrogen) atoms. The summed E-state index contributed by atoms with van der Waals surface area (Å²) in [5.41, 5.74) is 1.20. The summed E-state index contributed by atoms with van der Waals surface area (Å²) in [6.07, 6.45) is 2.45. The number of carbonyl (C=O) groups is 1. The summed E-state index contributed by atoms with van der Waals surface area (Å²) in [7, 11) is 0. The molecule has 2 aromatic carbocycles. The lowest BCUT2D eigenvalue weighted by Crippen LogP contribution is -2.38. The third-order valence-electron chi connectivity index (χ3n) is 5.14. The van der Waals surface area contributed by atoms with Gasteiger partial charge in [0.15, 0.2) is 0 Å². The van der Waals surface area contributed by atoms with Gasteiger partial charge < -0.3 is 4.90 Å². The predicted octanol–water partition coefficient (Wildman–Crippen LogP) is 3.87. The van der Waals surface area contributed by atoms with Gasteiger partial charge in [-0.2, -0.15) is 9.78 Å². The van der Waals surface area contributed by atoms with E-state index in [2.05, 4.69) is 5.10 Å². The highest BCUT2D eigenvalue weighted by molar-refractivity contribution is 6.31. The Morgan fingerprint density at radius 2 is 1.86 bits per heavy atom. The van der Waals surface area contributed by atoms with Gasteiger partial charge in [0.25, 0.3) is 11.5 Å². The molecule has 1 aromatic heterocycles. The molecule has 7 heteroatoms. The van der Waals surface area contributed by atoms with E-state index in [1.165, 1.54) is 36.4 Å². The zero-order valence-corrected chi connectivity index (χ0v) is 16.3. The van der Waals surface area contributed by atoms with Crippen LogP contribution in [0.2, 0.25) is 5.02 Å². The number of nitrogens with zero attached hydrogens (tertiary/aromatic N) is 3. The minimum atomic E-state index is -0.409. The summed E-state index contributed by atoms with van der Waals surface area (Å²) < 4.78 is 14.3. The molecule has 1 amide bonds. The number of halogens is 2. The summed E-state index contributed by atoms with van der Waals surface area (Å²) in [6.45, 7) is 0.630. The second-order valence-electron chi connectivity index (χ2n) is 7.04. The lowest BCUT2D eigenvalue weighted by atomic mass is 10.0. The highest BCUT2D eigenvalue weighted by Gasteiger charge is 2.31. The van der Waals surface area contributed by atoms with Crippen molar-refractivity contribution in [2.24, 2.45) is 0 Å². The van der Waals surface area contributed by atoms with Crippen molar-refractivity contribution in [3.8, 4) is 5.69 Å². The van der Waals surface area contributed by atoms with Crippen LogP contribution in [0.3, 0.4) is 0 Å². The zero-order valence-electron chi connectivity index (χ0n) is 15.6. The fraction of sp³-hybridized carbons (Fsp3) is 0.227. The monoisotopic (exact) mass is 411 g/mol. The van der Waals surface area contributed by atoms with Crippen molar-refractivity contribution in [1.29, 1.82) is 0 Å². The highest BCUT2D eigenvalue weighted by Crippen LogP contribution is 2.26. The fourth-order valence-electron chi connectivity index (χ4n) is 3.67. The molecule has 0 N–H and O–H groups in total. The summed E-state index contributed by atoms with van der Waals surface area (Å²) in [5.74, 6) is -0.635. The van der Waals surface area contributed by atoms with Gasteiger partial charge >= 0.3 is 0 Å². The third kappa shape index (κ3) is 4.07. The second kappa shape index (κ2) is 8.17. The van der Waals surface area contributed by atoms with Crippen molar-refractivity contribution in [3.05, 3.63) is 93.1 Å². The fourth-order valence-corrected chi connectivity index (χ4v) is 3.89. The molecule has 1 atom stereocenters. The Morgan fingerprint density at radius 3 is 2.62 bits per heavy atom. The van der Waals surface area contributed by atoms with Gasteiger partial charge in [-0.15, -0.1) is 0 Å². The molecule has 0 bridgehead atoms. The quantitative estimate of drug-likeness (QED) is 0.654. The van der Waals surface area contributed by atoms with Gasteiger partial charge in [0, 0.05) is 23.7 Å². The van der Waals surface area contributed by atoms with E-state index in [-0.39, 0.29) is 23.2 Å². The maximum Gasteiger partial charge on any atom is 0.274 e. The molecule has 1 aliphatic heterocycles. The molecule has 1 aliphatic rings. The minimum Gasteiger partial charge on any atom is -0.334 e. The lowest BCUT2D eigenvalue weighted by molar-refractivity contribution is 0.0728. The SMILES string of the molecule is O=C(c1ccc(=O)n(-c2ccc(F)cc2)n1)N1CCCC1Cc1ccccc1Cl. The van der Waals surface area contributed by atoms with Crippen LogP contribution >= 0.6 is 11.6 Å². The predicted molar refractivity (Wildman–Crippen MR) is 109 cm³/mol. The van der Waals surface area contributed by atoms with Crippen molar-refractivity contribution < 1.29 is 9.18 Å². The molecule has 0 saturated carbocycles. The van der Waals surface area contributed by atoms with Crippen LogP contribution in [0, 0.1) is 5.82 Å². The molecule has 0 spiro atoms. The van der Waals surface area contributed by atoms with Crippen molar-refractivity contribution in [3.63, 3.8) is 0 Å². The first-order valence-electron chi connectivity index (χ1n) is 9.43. The number of benzene rings is 2. The van der Waals surface area contributed by atoms with Crippen LogP contribution in [0.15, 0.2) is 65.5 Å². The molecule has 5 nitrogen and oxygen atoms in total. The molecule has 1 saturated heterocycles. The molecular weight excluding hydrogens is 393 g/mol. The molecule has 4 rings (SSSR count). The average molecular weight is 412 g/mol. The van der Waals surface area contributed by atoms with Crippen molar-refractivity contribution in [1.82, 2.24) is 14.7 Å². The van der Waals surface area contributed by atoms with Crippen LogP contribution in [-0.2, 0) is 6.42 Å². The largest absolute Gasteiger partial charge is 0.334 e. The third-order valence-corrected chi connectivity index (χ3v) is 5.51. The van der Waals surface area contributed by atoms with E-state index in [4.69, 9.17) is 11.6 Å². The minimum absolute atomic E-state index is 0.0235. The van der Waals surface area contributed by atoms with Crippen molar-refractivity contribution in [2.75, 3.05) is 6.54 Å². The molecule has 148 valence electrons. The zero-order chi connectivity index (χ0) is 20.4. The van der Waals surface area contributed by atoms with Gasteiger partial charge in [0.05, 0.1) is 5.69 Å². The van der Waals surface area contributed by atoms with Crippen molar-refractivity contribution in [2.45, 2.75) is 25.3 Å². The first kappa shape index (κ1) is 19.3. The number of amides is 1. The first-order valence-corrected chi connectivity index (χ1v) is 9.81. The number of hydrogen-bond acceptors (Lipinski definition) is 3. The highest BCUT2D eigenvalue weighted by atomic mass is 35.5. The summed E-state index contributed by atoms with van der Waals surface area (Å²) in [4.78, 5) is 27.1. The van der Waals surface area contributed by atoms with Gasteiger partial charge in [-0.25, -0.2) is 4.39 Å². The lowest BCUT2D eigenvalue weighted by Gasteiger charge is -2.25. The number of hydrogen-bond donors (Lipinski definition) is 0. The van der Waals surface area contributed by atoms with Crippen LogP contribution in [0.4, 0.5) is 4.39 Å². The second-order valence-corrected chi connectivity index (χ2v) is 7.44. The Labute approximate surface area is 172 Å². The van der Waals surface area contributed by atoms with E-state index in [9.17, 15) is 14.0 Å². The maximum absolute atomic E-state index is 13.2. The summed E-state index contributed by atoms with van der Waals surface area (Å²) in [6, 6.07) is 15.8. The van der Waals surface area contributed by atoms with Crippen LogP contribution in [0.1, 0.15) is 28.9 Å². The maximum atomic E-state index is 13.2. The van der Waals surface area contributed by atoms with Crippen molar-refractivity contribution >= 4 is 17.5 Å². The molecular formula is C22H19ClFN3O2. The smallest absolute Gasteiger partial charge is 0.274 e. The summed E-state index contributed by atoms with van der Waals surface area (Å²) in [5, 5.41) is 4.93. The Bertz CT molecular complexity index is 1100. The van der Waals surface area contributed by atoms with E-state index >= 15 is 0 Å². The van der Waals surface area contributed by atoms with E-state index in [1.807, 2.05) is 24.3 Å². The first-order chi connectivity index (χ1) is 14.0.